The Morgan fingerprint density at radius 1 is 1.43 bits per heavy atom. The normalized spacial score (nSPS) is 20.8. The van der Waals surface area contributed by atoms with Crippen LogP contribution in [0.25, 0.3) is 0 Å². The van der Waals surface area contributed by atoms with Gasteiger partial charge in [0, 0.05) is 6.54 Å². The highest BCUT2D eigenvalue weighted by molar-refractivity contribution is 5.75. The standard InChI is InChI=1S/C16H23NO4/c1-20-13-7-5-6-12(10-13)15(18)11-17-9-4-3-8-14(17)16(19)21-2/h5-7,10,14-15,18H,3-4,8-9,11H2,1-2H3. The number of methoxy groups -OCH3 is 2. The summed E-state index contributed by atoms with van der Waals surface area (Å²) < 4.78 is 10.0. The maximum absolute atomic E-state index is 11.8. The lowest BCUT2D eigenvalue weighted by Gasteiger charge is -2.35. The molecule has 1 fully saturated rings. The Morgan fingerprint density at radius 2 is 2.24 bits per heavy atom. The molecule has 2 rings (SSSR count). The van der Waals surface area contributed by atoms with Gasteiger partial charge in [0.1, 0.15) is 11.8 Å². The summed E-state index contributed by atoms with van der Waals surface area (Å²) in [4.78, 5) is 13.8. The molecule has 1 aromatic rings. The minimum atomic E-state index is -0.648. The van der Waals surface area contributed by atoms with Gasteiger partial charge in [-0.2, -0.15) is 0 Å². The molecule has 1 heterocycles. The second-order valence-electron chi connectivity index (χ2n) is 5.32. The van der Waals surface area contributed by atoms with Gasteiger partial charge < -0.3 is 14.6 Å². The summed E-state index contributed by atoms with van der Waals surface area (Å²) in [6.07, 6.45) is 2.20. The lowest BCUT2D eigenvalue weighted by atomic mass is 10.0. The molecule has 21 heavy (non-hydrogen) atoms. The van der Waals surface area contributed by atoms with Crippen molar-refractivity contribution < 1.29 is 19.4 Å². The number of nitrogens with zero attached hydrogens (tertiary/aromatic N) is 1. The second kappa shape index (κ2) is 7.43. The molecule has 0 aliphatic carbocycles. The molecule has 1 aliphatic heterocycles. The van der Waals surface area contributed by atoms with Gasteiger partial charge in [0.2, 0.25) is 0 Å². The minimum absolute atomic E-state index is 0.215. The smallest absolute Gasteiger partial charge is 0.323 e. The average Bonchev–Trinajstić information content (AvgIpc) is 2.54. The van der Waals surface area contributed by atoms with Crippen molar-refractivity contribution in [3.8, 4) is 5.75 Å². The molecule has 2 unspecified atom stereocenters. The van der Waals surface area contributed by atoms with E-state index in [-0.39, 0.29) is 12.0 Å². The van der Waals surface area contributed by atoms with Gasteiger partial charge in [-0.25, -0.2) is 0 Å². The minimum Gasteiger partial charge on any atom is -0.497 e. The van der Waals surface area contributed by atoms with Crippen LogP contribution in [-0.2, 0) is 9.53 Å². The Labute approximate surface area is 125 Å². The van der Waals surface area contributed by atoms with Crippen LogP contribution in [0.15, 0.2) is 24.3 Å². The van der Waals surface area contributed by atoms with Crippen molar-refractivity contribution in [3.63, 3.8) is 0 Å². The van der Waals surface area contributed by atoms with Crippen molar-refractivity contribution in [2.45, 2.75) is 31.4 Å². The van der Waals surface area contributed by atoms with Gasteiger partial charge in [0.15, 0.2) is 0 Å². The van der Waals surface area contributed by atoms with Crippen LogP contribution >= 0.6 is 0 Å². The van der Waals surface area contributed by atoms with E-state index in [1.807, 2.05) is 29.2 Å². The number of ether oxygens (including phenoxy) is 2. The van der Waals surface area contributed by atoms with Gasteiger partial charge in [-0.3, -0.25) is 9.69 Å². The summed E-state index contributed by atoms with van der Waals surface area (Å²) in [7, 11) is 3.01. The first-order chi connectivity index (χ1) is 10.2. The first kappa shape index (κ1) is 15.8. The molecule has 0 amide bonds. The van der Waals surface area contributed by atoms with Crippen molar-refractivity contribution in [1.29, 1.82) is 0 Å². The Hall–Kier alpha value is -1.59. The zero-order valence-corrected chi connectivity index (χ0v) is 12.6. The monoisotopic (exact) mass is 293 g/mol. The Kier molecular flexibility index (Phi) is 5.59. The number of carbonyl (C=O) groups is 1. The second-order valence-corrected chi connectivity index (χ2v) is 5.32. The predicted octanol–water partition coefficient (Wildman–Crippen LogP) is 1.76. The molecule has 1 aliphatic rings. The molecule has 0 spiro atoms. The number of piperidine rings is 1. The lowest BCUT2D eigenvalue weighted by Crippen LogP contribution is -2.46. The van der Waals surface area contributed by atoms with Crippen molar-refractivity contribution in [3.05, 3.63) is 29.8 Å². The number of likely N-dealkylation sites (tertiary alicyclic amines) is 1. The maximum Gasteiger partial charge on any atom is 0.323 e. The quantitative estimate of drug-likeness (QED) is 0.838. The Morgan fingerprint density at radius 3 is 2.95 bits per heavy atom. The third-order valence-electron chi connectivity index (χ3n) is 3.97. The first-order valence-corrected chi connectivity index (χ1v) is 7.29. The zero-order valence-electron chi connectivity index (χ0n) is 12.6. The number of hydrogen-bond donors (Lipinski definition) is 1. The molecule has 0 aromatic heterocycles. The van der Waals surface area contributed by atoms with Gasteiger partial charge >= 0.3 is 5.97 Å². The van der Waals surface area contributed by atoms with Crippen LogP contribution in [-0.4, -0.2) is 49.3 Å². The van der Waals surface area contributed by atoms with E-state index in [1.54, 1.807) is 7.11 Å². The van der Waals surface area contributed by atoms with Gasteiger partial charge in [-0.1, -0.05) is 18.6 Å². The number of aliphatic hydroxyl groups excluding tert-OH is 1. The van der Waals surface area contributed by atoms with E-state index in [1.165, 1.54) is 7.11 Å². The molecule has 0 saturated carbocycles. The van der Waals surface area contributed by atoms with E-state index < -0.39 is 6.10 Å². The number of esters is 1. The van der Waals surface area contributed by atoms with Crippen LogP contribution in [0.5, 0.6) is 5.75 Å². The van der Waals surface area contributed by atoms with Crippen LogP contribution in [0, 0.1) is 0 Å². The predicted molar refractivity (Wildman–Crippen MR) is 79.2 cm³/mol. The molecule has 0 radical (unpaired) electrons. The van der Waals surface area contributed by atoms with E-state index >= 15 is 0 Å². The van der Waals surface area contributed by atoms with Gasteiger partial charge in [0.05, 0.1) is 20.3 Å². The molecular weight excluding hydrogens is 270 g/mol. The summed E-state index contributed by atoms with van der Waals surface area (Å²) in [5, 5.41) is 10.4. The highest BCUT2D eigenvalue weighted by Gasteiger charge is 2.30. The molecule has 5 nitrogen and oxygen atoms in total. The van der Waals surface area contributed by atoms with Crippen molar-refractivity contribution in [1.82, 2.24) is 4.90 Å². The van der Waals surface area contributed by atoms with E-state index in [0.29, 0.717) is 6.54 Å². The first-order valence-electron chi connectivity index (χ1n) is 7.29. The topological polar surface area (TPSA) is 59.0 Å². The third-order valence-corrected chi connectivity index (χ3v) is 3.97. The fraction of sp³-hybridized carbons (Fsp3) is 0.562. The average molecular weight is 293 g/mol. The van der Waals surface area contributed by atoms with E-state index in [0.717, 1.165) is 37.1 Å². The van der Waals surface area contributed by atoms with E-state index in [4.69, 9.17) is 9.47 Å². The van der Waals surface area contributed by atoms with Crippen molar-refractivity contribution >= 4 is 5.97 Å². The van der Waals surface area contributed by atoms with Crippen LogP contribution in [0.3, 0.4) is 0 Å². The van der Waals surface area contributed by atoms with Gasteiger partial charge in [0.25, 0.3) is 0 Å². The number of β-amino-alcohol motifs (C(OH)–C–C–N with tert-alkyl or cyclic N) is 1. The van der Waals surface area contributed by atoms with E-state index in [2.05, 4.69) is 0 Å². The number of benzene rings is 1. The fourth-order valence-corrected chi connectivity index (χ4v) is 2.79. The summed E-state index contributed by atoms with van der Waals surface area (Å²) in [6, 6.07) is 7.13. The SMILES string of the molecule is COC(=O)C1CCCCN1CC(O)c1cccc(OC)c1. The summed E-state index contributed by atoms with van der Waals surface area (Å²) >= 11 is 0. The summed E-state index contributed by atoms with van der Waals surface area (Å²) in [5.74, 6) is 0.502. The molecule has 116 valence electrons. The molecule has 1 saturated heterocycles. The van der Waals surface area contributed by atoms with Crippen LogP contribution in [0.2, 0.25) is 0 Å². The third kappa shape index (κ3) is 3.95. The largest absolute Gasteiger partial charge is 0.497 e. The van der Waals surface area contributed by atoms with Crippen molar-refractivity contribution in [2.24, 2.45) is 0 Å². The van der Waals surface area contributed by atoms with Crippen LogP contribution < -0.4 is 4.74 Å². The number of hydrogen-bond acceptors (Lipinski definition) is 5. The van der Waals surface area contributed by atoms with Crippen LogP contribution in [0.1, 0.15) is 30.9 Å². The molecule has 1 aromatic carbocycles. The molecular formula is C16H23NO4. The highest BCUT2D eigenvalue weighted by Crippen LogP contribution is 2.24. The van der Waals surface area contributed by atoms with Gasteiger partial charge in [-0.05, 0) is 37.1 Å². The molecule has 1 N–H and O–H groups in total. The molecule has 2 atom stereocenters. The summed E-state index contributed by atoms with van der Waals surface area (Å²) in [5.41, 5.74) is 0.795. The van der Waals surface area contributed by atoms with E-state index in [9.17, 15) is 9.90 Å². The number of rotatable bonds is 5. The zero-order chi connectivity index (χ0) is 15.2. The Balaban J connectivity index is 2.05. The lowest BCUT2D eigenvalue weighted by molar-refractivity contribution is -0.148. The fourth-order valence-electron chi connectivity index (χ4n) is 2.79. The molecule has 0 bridgehead atoms. The Bertz CT molecular complexity index is 477. The highest BCUT2D eigenvalue weighted by atomic mass is 16.5. The van der Waals surface area contributed by atoms with Crippen molar-refractivity contribution in [2.75, 3.05) is 27.3 Å². The number of carbonyl (C=O) groups excluding carboxylic acids is 1. The summed E-state index contributed by atoms with van der Waals surface area (Å²) in [6.45, 7) is 1.23. The maximum atomic E-state index is 11.8. The molecule has 5 heteroatoms. The number of aliphatic hydroxyl groups is 1. The van der Waals surface area contributed by atoms with Gasteiger partial charge in [-0.15, -0.1) is 0 Å². The van der Waals surface area contributed by atoms with Crippen LogP contribution in [0.4, 0.5) is 0 Å².